The van der Waals surface area contributed by atoms with E-state index in [9.17, 15) is 0 Å². The fourth-order valence-electron chi connectivity index (χ4n) is 2.80. The van der Waals surface area contributed by atoms with Crippen LogP contribution in [0.1, 0.15) is 65.6 Å². The van der Waals surface area contributed by atoms with E-state index in [1.807, 2.05) is 7.11 Å². The van der Waals surface area contributed by atoms with Gasteiger partial charge < -0.3 is 10.1 Å². The lowest BCUT2D eigenvalue weighted by atomic mass is 9.80. The van der Waals surface area contributed by atoms with Gasteiger partial charge in [0.2, 0.25) is 0 Å². The zero-order valence-electron chi connectivity index (χ0n) is 15.1. The molecule has 21 heavy (non-hydrogen) atoms. The van der Waals surface area contributed by atoms with Crippen LogP contribution in [0.15, 0.2) is 24.3 Å². The second kappa shape index (κ2) is 6.93. The summed E-state index contributed by atoms with van der Waals surface area (Å²) in [5.41, 5.74) is 2.94. The summed E-state index contributed by atoms with van der Waals surface area (Å²) >= 11 is 0. The molecule has 1 N–H and O–H groups in total. The molecule has 0 aliphatic carbocycles. The van der Waals surface area contributed by atoms with E-state index in [1.165, 1.54) is 11.1 Å². The maximum absolute atomic E-state index is 5.82. The average Bonchev–Trinajstić information content (AvgIpc) is 2.36. The molecule has 0 bridgehead atoms. The molecule has 0 radical (unpaired) electrons. The molecule has 0 aliphatic rings. The molecule has 2 heteroatoms. The van der Waals surface area contributed by atoms with Crippen LogP contribution < -0.4 is 5.32 Å². The lowest BCUT2D eigenvalue weighted by Gasteiger charge is -2.37. The lowest BCUT2D eigenvalue weighted by Crippen LogP contribution is -2.41. The highest BCUT2D eigenvalue weighted by Crippen LogP contribution is 2.33. The predicted molar refractivity (Wildman–Crippen MR) is 91.8 cm³/mol. The van der Waals surface area contributed by atoms with Gasteiger partial charge in [0, 0.05) is 7.11 Å². The number of likely N-dealkylation sites (N-methyl/N-ethyl adjacent to an activating group) is 1. The number of nitrogens with one attached hydrogen (secondary N) is 1. The van der Waals surface area contributed by atoms with Crippen molar-refractivity contribution in [2.24, 2.45) is 5.41 Å². The molecular formula is C19H33NO. The van der Waals surface area contributed by atoms with Crippen molar-refractivity contribution in [1.82, 2.24) is 5.32 Å². The molecule has 2 unspecified atom stereocenters. The minimum Gasteiger partial charge on any atom is -0.379 e. The summed E-state index contributed by atoms with van der Waals surface area (Å²) in [6.07, 6.45) is 0.137. The van der Waals surface area contributed by atoms with E-state index in [4.69, 9.17) is 4.74 Å². The Morgan fingerprint density at radius 3 is 1.86 bits per heavy atom. The molecule has 2 atom stereocenters. The Morgan fingerprint density at radius 2 is 1.52 bits per heavy atom. The summed E-state index contributed by atoms with van der Waals surface area (Å²) in [6, 6.07) is 9.19. The highest BCUT2D eigenvalue weighted by molar-refractivity contribution is 5.30. The van der Waals surface area contributed by atoms with E-state index < -0.39 is 0 Å². The molecular weight excluding hydrogens is 258 g/mol. The van der Waals surface area contributed by atoms with E-state index >= 15 is 0 Å². The molecule has 0 amide bonds. The highest BCUT2D eigenvalue weighted by Gasteiger charge is 2.33. The van der Waals surface area contributed by atoms with Gasteiger partial charge in [-0.05, 0) is 28.5 Å². The van der Waals surface area contributed by atoms with Gasteiger partial charge in [-0.3, -0.25) is 0 Å². The topological polar surface area (TPSA) is 21.3 Å². The maximum Gasteiger partial charge on any atom is 0.0814 e. The Balaban J connectivity index is 3.11. The number of hydrogen-bond donors (Lipinski definition) is 1. The van der Waals surface area contributed by atoms with E-state index in [2.05, 4.69) is 78.0 Å². The van der Waals surface area contributed by atoms with Crippen molar-refractivity contribution in [3.8, 4) is 0 Å². The smallest absolute Gasteiger partial charge is 0.0814 e. The van der Waals surface area contributed by atoms with Gasteiger partial charge in [-0.25, -0.2) is 0 Å². The normalized spacial score (nSPS) is 15.8. The number of ether oxygens (including phenoxy) is 1. The zero-order valence-corrected chi connectivity index (χ0v) is 15.1. The van der Waals surface area contributed by atoms with Crippen LogP contribution in [0.2, 0.25) is 0 Å². The van der Waals surface area contributed by atoms with E-state index in [0.29, 0.717) is 0 Å². The van der Waals surface area contributed by atoms with Crippen molar-refractivity contribution in [1.29, 1.82) is 0 Å². The molecule has 0 aromatic heterocycles. The Hall–Kier alpha value is -0.860. The van der Waals surface area contributed by atoms with Crippen molar-refractivity contribution in [3.63, 3.8) is 0 Å². The summed E-state index contributed by atoms with van der Waals surface area (Å²) in [5.74, 6) is 0. The van der Waals surface area contributed by atoms with Gasteiger partial charge in [0.1, 0.15) is 0 Å². The number of rotatable bonds is 5. The summed E-state index contributed by atoms with van der Waals surface area (Å²) in [6.45, 7) is 16.5. The minimum atomic E-state index is 0.0876. The fourth-order valence-corrected chi connectivity index (χ4v) is 2.80. The monoisotopic (exact) mass is 291 g/mol. The second-order valence-electron chi connectivity index (χ2n) is 7.93. The van der Waals surface area contributed by atoms with Crippen LogP contribution in [0.5, 0.6) is 0 Å². The van der Waals surface area contributed by atoms with Crippen LogP contribution in [-0.2, 0) is 10.2 Å². The standard InChI is InChI=1S/C19H33NO/c1-9-20-16(17(21-8)19(5,6)7)14-10-12-15(13-11-14)18(2,3)4/h10-13,16-17,20H,9H2,1-8H3. The molecule has 1 aromatic rings. The van der Waals surface area contributed by atoms with Crippen LogP contribution in [0.25, 0.3) is 0 Å². The van der Waals surface area contributed by atoms with Crippen molar-refractivity contribution in [3.05, 3.63) is 35.4 Å². The summed E-state index contributed by atoms with van der Waals surface area (Å²) in [5, 5.41) is 3.59. The molecule has 0 spiro atoms. The van der Waals surface area contributed by atoms with Crippen molar-refractivity contribution in [2.75, 3.05) is 13.7 Å². The maximum atomic E-state index is 5.82. The summed E-state index contributed by atoms with van der Waals surface area (Å²) in [7, 11) is 1.81. The van der Waals surface area contributed by atoms with E-state index in [1.54, 1.807) is 0 Å². The molecule has 0 heterocycles. The number of hydrogen-bond acceptors (Lipinski definition) is 2. The largest absolute Gasteiger partial charge is 0.379 e. The highest BCUT2D eigenvalue weighted by atomic mass is 16.5. The third-order valence-electron chi connectivity index (χ3n) is 3.97. The van der Waals surface area contributed by atoms with Gasteiger partial charge in [-0.2, -0.15) is 0 Å². The first-order chi connectivity index (χ1) is 9.61. The fraction of sp³-hybridized carbons (Fsp3) is 0.684. The van der Waals surface area contributed by atoms with Crippen molar-refractivity contribution >= 4 is 0 Å². The first kappa shape index (κ1) is 18.2. The van der Waals surface area contributed by atoms with Crippen LogP contribution in [0.4, 0.5) is 0 Å². The van der Waals surface area contributed by atoms with Crippen molar-refractivity contribution in [2.45, 2.75) is 66.0 Å². The second-order valence-corrected chi connectivity index (χ2v) is 7.93. The van der Waals surface area contributed by atoms with Crippen molar-refractivity contribution < 1.29 is 4.74 Å². The molecule has 0 saturated carbocycles. The van der Waals surface area contributed by atoms with Crippen LogP contribution >= 0.6 is 0 Å². The Kier molecular flexibility index (Phi) is 6.01. The van der Waals surface area contributed by atoms with Gasteiger partial charge >= 0.3 is 0 Å². The quantitative estimate of drug-likeness (QED) is 0.849. The van der Waals surface area contributed by atoms with Crippen LogP contribution in [0.3, 0.4) is 0 Å². The summed E-state index contributed by atoms with van der Waals surface area (Å²) in [4.78, 5) is 0. The molecule has 1 aromatic carbocycles. The first-order valence-electron chi connectivity index (χ1n) is 7.98. The third-order valence-corrected chi connectivity index (χ3v) is 3.97. The zero-order chi connectivity index (χ0) is 16.3. The molecule has 120 valence electrons. The Morgan fingerprint density at radius 1 is 1.00 bits per heavy atom. The molecule has 1 rings (SSSR count). The van der Waals surface area contributed by atoms with Gasteiger partial charge in [-0.15, -0.1) is 0 Å². The number of methoxy groups -OCH3 is 1. The van der Waals surface area contributed by atoms with Gasteiger partial charge in [0.05, 0.1) is 12.1 Å². The lowest BCUT2D eigenvalue weighted by molar-refractivity contribution is -0.0116. The average molecular weight is 291 g/mol. The minimum absolute atomic E-state index is 0.0876. The Labute approximate surface area is 131 Å². The van der Waals surface area contributed by atoms with Gasteiger partial charge in [0.25, 0.3) is 0 Å². The van der Waals surface area contributed by atoms with Crippen LogP contribution in [0, 0.1) is 5.41 Å². The SMILES string of the molecule is CCNC(c1ccc(C(C)(C)C)cc1)C(OC)C(C)(C)C. The number of benzene rings is 1. The predicted octanol–water partition coefficient (Wildman–Crippen LogP) is 4.70. The molecule has 0 saturated heterocycles. The van der Waals surface area contributed by atoms with Crippen LogP contribution in [-0.4, -0.2) is 19.8 Å². The Bertz CT molecular complexity index is 422. The van der Waals surface area contributed by atoms with Gasteiger partial charge in [-0.1, -0.05) is 72.7 Å². The third kappa shape index (κ3) is 4.82. The first-order valence-corrected chi connectivity index (χ1v) is 7.98. The van der Waals surface area contributed by atoms with E-state index in [0.717, 1.165) is 6.54 Å². The summed E-state index contributed by atoms with van der Waals surface area (Å²) < 4.78 is 5.82. The molecule has 0 aliphatic heterocycles. The molecule has 2 nitrogen and oxygen atoms in total. The van der Waals surface area contributed by atoms with Gasteiger partial charge in [0.15, 0.2) is 0 Å². The molecule has 0 fully saturated rings. The van der Waals surface area contributed by atoms with E-state index in [-0.39, 0.29) is 23.0 Å².